The molecule has 0 fully saturated rings. The van der Waals surface area contributed by atoms with Crippen LogP contribution in [0.15, 0.2) is 48.5 Å². The molecular weight excluding hydrogens is 339 g/mol. The summed E-state index contributed by atoms with van der Waals surface area (Å²) in [6, 6.07) is 13.2. The van der Waals surface area contributed by atoms with Crippen LogP contribution in [0.2, 0.25) is 0 Å². The van der Waals surface area contributed by atoms with Crippen molar-refractivity contribution in [2.75, 3.05) is 0 Å². The number of rotatable bonds is 4. The summed E-state index contributed by atoms with van der Waals surface area (Å²) in [5, 5.41) is 11.8. The highest BCUT2D eigenvalue weighted by atomic mass is 19.1. The molecule has 2 aromatic carbocycles. The van der Waals surface area contributed by atoms with Crippen molar-refractivity contribution < 1.29 is 14.0 Å². The molecule has 0 aliphatic carbocycles. The minimum absolute atomic E-state index is 0.0960. The maximum absolute atomic E-state index is 13.5. The van der Waals surface area contributed by atoms with Gasteiger partial charge in [0.1, 0.15) is 12.4 Å². The first kappa shape index (κ1) is 17.2. The number of halogens is 1. The maximum Gasteiger partial charge on any atom is 0.269 e. The van der Waals surface area contributed by atoms with E-state index in [-0.39, 0.29) is 12.1 Å². The lowest BCUT2D eigenvalue weighted by Gasteiger charge is -2.07. The number of carbonyl (C=O) groups excluding carboxylic acids is 2. The Hall–Kier alpha value is -3.62. The van der Waals surface area contributed by atoms with Gasteiger partial charge in [-0.3, -0.25) is 20.4 Å². The van der Waals surface area contributed by atoms with Gasteiger partial charge in [-0.15, -0.1) is 10.2 Å². The second kappa shape index (κ2) is 7.51. The van der Waals surface area contributed by atoms with Gasteiger partial charge in [-0.05, 0) is 29.8 Å². The lowest BCUT2D eigenvalue weighted by Crippen LogP contribution is -2.43. The van der Waals surface area contributed by atoms with Gasteiger partial charge in [-0.1, -0.05) is 36.4 Å². The van der Waals surface area contributed by atoms with E-state index in [1.165, 1.54) is 12.1 Å². The molecule has 3 aromatic rings. The second-order valence-corrected chi connectivity index (χ2v) is 5.48. The van der Waals surface area contributed by atoms with E-state index in [9.17, 15) is 14.0 Å². The van der Waals surface area contributed by atoms with Crippen molar-refractivity contribution in [3.05, 3.63) is 65.5 Å². The molecule has 26 heavy (non-hydrogen) atoms. The highest BCUT2D eigenvalue weighted by Crippen LogP contribution is 2.11. The smallest absolute Gasteiger partial charge is 0.269 e. The standard InChI is InChI=1S/C17H15FN6O2/c1-11-7-8-13(9-14(11)18)17(26)21-19-15(25)10-24-22-16(20-23-24)12-5-3-2-4-6-12/h2-9H,10H2,1H3,(H,19,25)(H,21,26). The fourth-order valence-electron chi connectivity index (χ4n) is 2.11. The van der Waals surface area contributed by atoms with Crippen molar-refractivity contribution in [1.29, 1.82) is 0 Å². The zero-order valence-corrected chi connectivity index (χ0v) is 13.8. The van der Waals surface area contributed by atoms with Gasteiger partial charge in [0, 0.05) is 11.1 Å². The summed E-state index contributed by atoms with van der Waals surface area (Å²) in [5.41, 5.74) is 5.73. The van der Waals surface area contributed by atoms with Crippen LogP contribution in [0, 0.1) is 12.7 Å². The van der Waals surface area contributed by atoms with Crippen molar-refractivity contribution in [1.82, 2.24) is 31.1 Å². The van der Waals surface area contributed by atoms with Crippen molar-refractivity contribution in [2.45, 2.75) is 13.5 Å². The third-order valence-electron chi connectivity index (χ3n) is 3.52. The van der Waals surface area contributed by atoms with E-state index in [1.54, 1.807) is 6.92 Å². The van der Waals surface area contributed by atoms with Crippen LogP contribution in [0.4, 0.5) is 4.39 Å². The molecule has 0 saturated carbocycles. The Labute approximate surface area is 148 Å². The molecule has 8 nitrogen and oxygen atoms in total. The molecule has 1 heterocycles. The Kier molecular flexibility index (Phi) is 4.97. The Balaban J connectivity index is 1.55. The first-order valence-corrected chi connectivity index (χ1v) is 7.71. The first-order valence-electron chi connectivity index (χ1n) is 7.71. The van der Waals surface area contributed by atoms with Crippen molar-refractivity contribution >= 4 is 11.8 Å². The third kappa shape index (κ3) is 4.07. The number of benzene rings is 2. The largest absolute Gasteiger partial charge is 0.271 e. The predicted molar refractivity (Wildman–Crippen MR) is 90.0 cm³/mol. The number of hydrogen-bond acceptors (Lipinski definition) is 5. The fraction of sp³-hybridized carbons (Fsp3) is 0.118. The summed E-state index contributed by atoms with van der Waals surface area (Å²) in [7, 11) is 0. The number of amides is 2. The molecule has 2 N–H and O–H groups in total. The monoisotopic (exact) mass is 354 g/mol. The van der Waals surface area contributed by atoms with Gasteiger partial charge in [0.15, 0.2) is 0 Å². The number of hydrogen-bond donors (Lipinski definition) is 2. The molecule has 9 heteroatoms. The van der Waals surface area contributed by atoms with Crippen LogP contribution in [-0.4, -0.2) is 32.0 Å². The molecule has 2 amide bonds. The zero-order chi connectivity index (χ0) is 18.5. The summed E-state index contributed by atoms with van der Waals surface area (Å²) >= 11 is 0. The quantitative estimate of drug-likeness (QED) is 0.687. The van der Waals surface area contributed by atoms with Gasteiger partial charge in [0.25, 0.3) is 11.8 Å². The van der Waals surface area contributed by atoms with Crippen LogP contribution in [-0.2, 0) is 11.3 Å². The summed E-state index contributed by atoms with van der Waals surface area (Å²) in [6.45, 7) is 1.36. The summed E-state index contributed by atoms with van der Waals surface area (Å²) in [6.07, 6.45) is 0. The average molecular weight is 354 g/mol. The Morgan fingerprint density at radius 1 is 1.12 bits per heavy atom. The fourth-order valence-corrected chi connectivity index (χ4v) is 2.11. The molecule has 3 rings (SSSR count). The highest BCUT2D eigenvalue weighted by Gasteiger charge is 2.12. The van der Waals surface area contributed by atoms with Crippen LogP contribution in [0.25, 0.3) is 11.4 Å². The number of nitrogens with zero attached hydrogens (tertiary/aromatic N) is 4. The summed E-state index contributed by atoms with van der Waals surface area (Å²) in [5.74, 6) is -1.29. The zero-order valence-electron chi connectivity index (χ0n) is 13.8. The van der Waals surface area contributed by atoms with Crippen LogP contribution >= 0.6 is 0 Å². The van der Waals surface area contributed by atoms with E-state index in [4.69, 9.17) is 0 Å². The summed E-state index contributed by atoms with van der Waals surface area (Å²) < 4.78 is 13.5. The van der Waals surface area contributed by atoms with E-state index in [0.717, 1.165) is 16.4 Å². The van der Waals surface area contributed by atoms with Crippen molar-refractivity contribution in [3.8, 4) is 11.4 Å². The number of tetrazole rings is 1. The Morgan fingerprint density at radius 3 is 2.62 bits per heavy atom. The van der Waals surface area contributed by atoms with Gasteiger partial charge >= 0.3 is 0 Å². The van der Waals surface area contributed by atoms with Crippen LogP contribution in [0.5, 0.6) is 0 Å². The number of aromatic nitrogens is 4. The third-order valence-corrected chi connectivity index (χ3v) is 3.52. The van der Waals surface area contributed by atoms with E-state index in [0.29, 0.717) is 11.4 Å². The molecule has 0 unspecified atom stereocenters. The maximum atomic E-state index is 13.5. The van der Waals surface area contributed by atoms with E-state index in [2.05, 4.69) is 26.3 Å². The molecule has 132 valence electrons. The van der Waals surface area contributed by atoms with Crippen molar-refractivity contribution in [2.24, 2.45) is 0 Å². The molecule has 0 saturated heterocycles. The SMILES string of the molecule is Cc1ccc(C(=O)NNC(=O)Cn2nnc(-c3ccccc3)n2)cc1F. The lowest BCUT2D eigenvalue weighted by molar-refractivity contribution is -0.122. The van der Waals surface area contributed by atoms with Crippen LogP contribution in [0.1, 0.15) is 15.9 Å². The van der Waals surface area contributed by atoms with Crippen molar-refractivity contribution in [3.63, 3.8) is 0 Å². The minimum atomic E-state index is -0.631. The topological polar surface area (TPSA) is 102 Å². The number of carbonyl (C=O) groups is 2. The van der Waals surface area contributed by atoms with Gasteiger partial charge < -0.3 is 0 Å². The molecule has 0 bridgehead atoms. The van der Waals surface area contributed by atoms with Gasteiger partial charge in [-0.25, -0.2) is 4.39 Å². The van der Waals surface area contributed by atoms with E-state index >= 15 is 0 Å². The number of aryl methyl sites for hydroxylation is 1. The highest BCUT2D eigenvalue weighted by molar-refractivity contribution is 5.95. The molecule has 0 aliphatic rings. The Morgan fingerprint density at radius 2 is 1.88 bits per heavy atom. The Bertz CT molecular complexity index is 941. The molecule has 0 spiro atoms. The van der Waals surface area contributed by atoms with E-state index < -0.39 is 17.6 Å². The normalized spacial score (nSPS) is 10.4. The molecule has 0 atom stereocenters. The summed E-state index contributed by atoms with van der Waals surface area (Å²) in [4.78, 5) is 24.9. The van der Waals surface area contributed by atoms with Gasteiger partial charge in [0.05, 0.1) is 0 Å². The first-order chi connectivity index (χ1) is 12.5. The molecular formula is C17H15FN6O2. The molecule has 0 aliphatic heterocycles. The molecule has 0 radical (unpaired) electrons. The average Bonchev–Trinajstić information content (AvgIpc) is 3.11. The van der Waals surface area contributed by atoms with Gasteiger partial charge in [-0.2, -0.15) is 4.80 Å². The van der Waals surface area contributed by atoms with Crippen LogP contribution in [0.3, 0.4) is 0 Å². The number of nitrogens with one attached hydrogen (secondary N) is 2. The second-order valence-electron chi connectivity index (χ2n) is 5.48. The van der Waals surface area contributed by atoms with Gasteiger partial charge in [0.2, 0.25) is 5.82 Å². The minimum Gasteiger partial charge on any atom is -0.271 e. The molecule has 1 aromatic heterocycles. The van der Waals surface area contributed by atoms with Crippen LogP contribution < -0.4 is 10.9 Å². The van der Waals surface area contributed by atoms with E-state index in [1.807, 2.05) is 30.3 Å². The lowest BCUT2D eigenvalue weighted by atomic mass is 10.1. The predicted octanol–water partition coefficient (Wildman–Crippen LogP) is 1.25. The number of hydrazine groups is 1.